The Bertz CT molecular complexity index is 829. The molecule has 8 nitrogen and oxygen atoms in total. The summed E-state index contributed by atoms with van der Waals surface area (Å²) in [5.74, 6) is -0.103. The monoisotopic (exact) mass is 396 g/mol. The molecule has 2 aliphatic rings. The van der Waals surface area contributed by atoms with Gasteiger partial charge in [-0.25, -0.2) is 4.68 Å². The van der Waals surface area contributed by atoms with E-state index in [2.05, 4.69) is 20.6 Å². The Morgan fingerprint density at radius 3 is 2.59 bits per heavy atom. The molecular weight excluding hydrogens is 368 g/mol. The maximum atomic E-state index is 13.3. The molecule has 1 N–H and O–H groups in total. The van der Waals surface area contributed by atoms with Crippen molar-refractivity contribution in [3.05, 3.63) is 42.0 Å². The van der Waals surface area contributed by atoms with Crippen molar-refractivity contribution in [1.29, 1.82) is 0 Å². The van der Waals surface area contributed by atoms with E-state index in [1.165, 1.54) is 25.7 Å². The van der Waals surface area contributed by atoms with E-state index in [1.807, 2.05) is 16.8 Å². The highest BCUT2D eigenvalue weighted by Gasteiger charge is 2.28. The van der Waals surface area contributed by atoms with E-state index in [0.29, 0.717) is 31.2 Å². The maximum Gasteiger partial charge on any atom is 0.276 e. The molecule has 1 aliphatic carbocycles. The second-order valence-corrected chi connectivity index (χ2v) is 8.07. The van der Waals surface area contributed by atoms with Crippen molar-refractivity contribution < 1.29 is 9.59 Å². The molecule has 2 aromatic heterocycles. The number of hydrogen-bond acceptors (Lipinski definition) is 5. The van der Waals surface area contributed by atoms with Crippen LogP contribution in [0.4, 0.5) is 0 Å². The number of nitrogens with zero attached hydrogens (tertiary/aromatic N) is 5. The minimum Gasteiger partial charge on any atom is -0.352 e. The van der Waals surface area contributed by atoms with Crippen LogP contribution in [-0.4, -0.2) is 49.3 Å². The van der Waals surface area contributed by atoms with Crippen molar-refractivity contribution >= 4 is 11.8 Å². The Kier molecular flexibility index (Phi) is 6.17. The lowest BCUT2D eigenvalue weighted by atomic mass is 10.1. The smallest absolute Gasteiger partial charge is 0.276 e. The zero-order valence-electron chi connectivity index (χ0n) is 16.7. The molecule has 3 heterocycles. The molecule has 1 saturated heterocycles. The van der Waals surface area contributed by atoms with Gasteiger partial charge in [0.1, 0.15) is 0 Å². The van der Waals surface area contributed by atoms with Crippen LogP contribution in [0.3, 0.4) is 0 Å². The number of carbonyl (C=O) groups is 2. The Labute approximate surface area is 170 Å². The van der Waals surface area contributed by atoms with E-state index < -0.39 is 0 Å². The van der Waals surface area contributed by atoms with E-state index in [-0.39, 0.29) is 17.9 Å². The quantitative estimate of drug-likeness (QED) is 0.757. The highest BCUT2D eigenvalue weighted by molar-refractivity contribution is 5.92. The molecular formula is C21H28N6O2. The molecule has 0 unspecified atom stereocenters. The summed E-state index contributed by atoms with van der Waals surface area (Å²) in [6.45, 7) is 0.910. The van der Waals surface area contributed by atoms with Crippen LogP contribution in [0.1, 0.15) is 73.5 Å². The molecule has 0 aromatic carbocycles. The predicted molar refractivity (Wildman–Crippen MR) is 107 cm³/mol. The lowest BCUT2D eigenvalue weighted by Gasteiger charge is -2.25. The van der Waals surface area contributed by atoms with Gasteiger partial charge >= 0.3 is 0 Å². The largest absolute Gasteiger partial charge is 0.352 e. The molecule has 1 saturated carbocycles. The molecule has 2 aromatic rings. The summed E-state index contributed by atoms with van der Waals surface area (Å²) in [6, 6.07) is 4.10. The van der Waals surface area contributed by atoms with E-state index in [1.54, 1.807) is 23.5 Å². The molecule has 0 radical (unpaired) electrons. The van der Waals surface area contributed by atoms with Gasteiger partial charge < -0.3 is 10.2 Å². The van der Waals surface area contributed by atoms with Gasteiger partial charge in [-0.2, -0.15) is 0 Å². The molecule has 2 amide bonds. The Morgan fingerprint density at radius 2 is 1.90 bits per heavy atom. The van der Waals surface area contributed by atoms with Crippen molar-refractivity contribution in [2.24, 2.45) is 0 Å². The van der Waals surface area contributed by atoms with Crippen LogP contribution in [0.25, 0.3) is 0 Å². The van der Waals surface area contributed by atoms with Crippen molar-refractivity contribution in [1.82, 2.24) is 30.2 Å². The summed E-state index contributed by atoms with van der Waals surface area (Å²) in [4.78, 5) is 30.7. The van der Waals surface area contributed by atoms with E-state index in [0.717, 1.165) is 24.8 Å². The predicted octanol–water partition coefficient (Wildman–Crippen LogP) is 2.49. The maximum absolute atomic E-state index is 13.3. The van der Waals surface area contributed by atoms with Gasteiger partial charge in [-0.05, 0) is 37.0 Å². The van der Waals surface area contributed by atoms with Crippen LogP contribution in [0, 0.1) is 0 Å². The van der Waals surface area contributed by atoms with E-state index >= 15 is 0 Å². The molecule has 4 rings (SSSR count). The van der Waals surface area contributed by atoms with Crippen LogP contribution in [0.15, 0.2) is 30.7 Å². The van der Waals surface area contributed by atoms with Crippen LogP contribution < -0.4 is 5.32 Å². The van der Waals surface area contributed by atoms with Gasteiger partial charge in [0, 0.05) is 37.9 Å². The molecule has 1 atom stereocenters. The number of amides is 2. The lowest BCUT2D eigenvalue weighted by molar-refractivity contribution is -0.119. The van der Waals surface area contributed by atoms with Gasteiger partial charge in [0.15, 0.2) is 5.69 Å². The Balaban J connectivity index is 1.50. The molecule has 0 bridgehead atoms. The van der Waals surface area contributed by atoms with E-state index in [4.69, 9.17) is 0 Å². The number of pyridine rings is 1. The van der Waals surface area contributed by atoms with Gasteiger partial charge in [0.25, 0.3) is 5.91 Å². The first kappa shape index (κ1) is 19.5. The van der Waals surface area contributed by atoms with Crippen molar-refractivity contribution in [3.63, 3.8) is 0 Å². The molecule has 1 aliphatic heterocycles. The lowest BCUT2D eigenvalue weighted by Crippen LogP contribution is -2.41. The second-order valence-electron chi connectivity index (χ2n) is 8.07. The first-order valence-corrected chi connectivity index (χ1v) is 10.6. The first-order chi connectivity index (χ1) is 14.2. The summed E-state index contributed by atoms with van der Waals surface area (Å²) in [5, 5.41) is 11.4. The highest BCUT2D eigenvalue weighted by atomic mass is 16.2. The third kappa shape index (κ3) is 4.99. The minimum absolute atomic E-state index is 0.0230. The van der Waals surface area contributed by atoms with Crippen LogP contribution in [-0.2, 0) is 11.3 Å². The van der Waals surface area contributed by atoms with Crippen molar-refractivity contribution in [3.8, 4) is 0 Å². The number of rotatable bonds is 6. The third-order valence-electron chi connectivity index (χ3n) is 5.86. The van der Waals surface area contributed by atoms with Crippen LogP contribution >= 0.6 is 0 Å². The fourth-order valence-corrected chi connectivity index (χ4v) is 4.25. The summed E-state index contributed by atoms with van der Waals surface area (Å²) in [6.07, 6.45) is 13.6. The number of aromatic nitrogens is 4. The first-order valence-electron chi connectivity index (χ1n) is 10.6. The zero-order valence-corrected chi connectivity index (χ0v) is 16.7. The fraction of sp³-hybridized carbons (Fsp3) is 0.571. The summed E-state index contributed by atoms with van der Waals surface area (Å²) in [7, 11) is 0. The van der Waals surface area contributed by atoms with Crippen LogP contribution in [0.5, 0.6) is 0 Å². The standard InChI is InChI=1S/C21H28N6O2/c28-20-8-7-17(23-20)14-26(13-16-9-11-22-12-10-16)21(29)19-15-27(25-24-19)18-5-3-1-2-4-6-18/h9-12,15,17-18H,1-8,13-14H2,(H,23,28)/t17-/m0/s1. The van der Waals surface area contributed by atoms with Gasteiger partial charge in [-0.1, -0.05) is 30.9 Å². The topological polar surface area (TPSA) is 93.0 Å². The normalized spacial score (nSPS) is 20.3. The average molecular weight is 396 g/mol. The number of nitrogens with one attached hydrogen (secondary N) is 1. The Morgan fingerprint density at radius 1 is 1.14 bits per heavy atom. The second kappa shape index (κ2) is 9.15. The van der Waals surface area contributed by atoms with Crippen molar-refractivity contribution in [2.45, 2.75) is 70.0 Å². The molecule has 29 heavy (non-hydrogen) atoms. The minimum atomic E-state index is -0.150. The molecule has 0 spiro atoms. The average Bonchev–Trinajstić information content (AvgIpc) is 3.29. The number of carbonyl (C=O) groups excluding carboxylic acids is 2. The van der Waals surface area contributed by atoms with Gasteiger partial charge in [0.2, 0.25) is 5.91 Å². The number of hydrogen-bond donors (Lipinski definition) is 1. The molecule has 8 heteroatoms. The van der Waals surface area contributed by atoms with Gasteiger partial charge in [-0.15, -0.1) is 5.10 Å². The SMILES string of the molecule is O=C1CC[C@@H](CN(Cc2ccncc2)C(=O)c2cn(C3CCCCCC3)nn2)N1. The highest BCUT2D eigenvalue weighted by Crippen LogP contribution is 2.26. The van der Waals surface area contributed by atoms with E-state index in [9.17, 15) is 9.59 Å². The van der Waals surface area contributed by atoms with Gasteiger partial charge in [0.05, 0.1) is 12.2 Å². The summed E-state index contributed by atoms with van der Waals surface area (Å²) >= 11 is 0. The van der Waals surface area contributed by atoms with Crippen LogP contribution in [0.2, 0.25) is 0 Å². The zero-order chi connectivity index (χ0) is 20.1. The van der Waals surface area contributed by atoms with Crippen molar-refractivity contribution in [2.75, 3.05) is 6.54 Å². The molecule has 2 fully saturated rings. The van der Waals surface area contributed by atoms with Gasteiger partial charge in [-0.3, -0.25) is 14.6 Å². The molecule has 154 valence electrons. The fourth-order valence-electron chi connectivity index (χ4n) is 4.25. The summed E-state index contributed by atoms with van der Waals surface area (Å²) < 4.78 is 1.88. The third-order valence-corrected chi connectivity index (χ3v) is 5.86. The Hall–Kier alpha value is -2.77. The summed E-state index contributed by atoms with van der Waals surface area (Å²) in [5.41, 5.74) is 1.36.